The van der Waals surface area contributed by atoms with Gasteiger partial charge in [0.25, 0.3) is 0 Å². The maximum Gasteiger partial charge on any atom is 0.305 e. The standard InChI is InChI=1S/C22H21NO4/c1-26-22(25)7-4-14-27-18-11-8-16(9-12-18)21(24)13-10-17-15-23-20-6-3-2-5-19(17)20/h2-3,5-6,8-13,15,23H,4,7,14H2,1H3/b13-10+. The number of esters is 1. The van der Waals surface area contributed by atoms with Gasteiger partial charge < -0.3 is 14.5 Å². The fraction of sp³-hybridized carbons (Fsp3) is 0.182. The van der Waals surface area contributed by atoms with Gasteiger partial charge in [0.1, 0.15) is 5.75 Å². The molecular weight excluding hydrogens is 342 g/mol. The molecule has 0 saturated carbocycles. The van der Waals surface area contributed by atoms with E-state index in [1.165, 1.54) is 7.11 Å². The average Bonchev–Trinajstić information content (AvgIpc) is 3.13. The Balaban J connectivity index is 1.56. The minimum absolute atomic E-state index is 0.0717. The Morgan fingerprint density at radius 2 is 1.85 bits per heavy atom. The van der Waals surface area contributed by atoms with Crippen molar-refractivity contribution in [1.29, 1.82) is 0 Å². The summed E-state index contributed by atoms with van der Waals surface area (Å²) in [5, 5.41) is 1.08. The van der Waals surface area contributed by atoms with Crippen molar-refractivity contribution in [3.05, 3.63) is 71.9 Å². The number of H-pyrrole nitrogens is 1. The number of hydrogen-bond donors (Lipinski definition) is 1. The van der Waals surface area contributed by atoms with Gasteiger partial charge in [-0.1, -0.05) is 18.2 Å². The van der Waals surface area contributed by atoms with E-state index < -0.39 is 0 Å². The van der Waals surface area contributed by atoms with E-state index in [9.17, 15) is 9.59 Å². The molecule has 1 heterocycles. The number of hydrogen-bond acceptors (Lipinski definition) is 4. The summed E-state index contributed by atoms with van der Waals surface area (Å²) in [5.74, 6) is 0.344. The van der Waals surface area contributed by atoms with E-state index in [0.29, 0.717) is 30.8 Å². The van der Waals surface area contributed by atoms with E-state index in [0.717, 1.165) is 16.5 Å². The molecule has 0 fully saturated rings. The van der Waals surface area contributed by atoms with Gasteiger partial charge in [0.2, 0.25) is 0 Å². The molecule has 3 rings (SSSR count). The fourth-order valence-corrected chi connectivity index (χ4v) is 2.72. The average molecular weight is 363 g/mol. The highest BCUT2D eigenvalue weighted by molar-refractivity contribution is 6.07. The quantitative estimate of drug-likeness (QED) is 0.279. The first-order valence-electron chi connectivity index (χ1n) is 8.75. The number of benzene rings is 2. The molecule has 0 aliphatic carbocycles. The smallest absolute Gasteiger partial charge is 0.305 e. The van der Waals surface area contributed by atoms with Crippen LogP contribution in [-0.4, -0.2) is 30.5 Å². The molecule has 0 saturated heterocycles. The number of ether oxygens (including phenoxy) is 2. The first-order chi connectivity index (χ1) is 13.2. The lowest BCUT2D eigenvalue weighted by Crippen LogP contribution is -2.04. The Morgan fingerprint density at radius 1 is 1.07 bits per heavy atom. The number of para-hydroxylation sites is 1. The van der Waals surface area contributed by atoms with Crippen LogP contribution in [0.25, 0.3) is 17.0 Å². The van der Waals surface area contributed by atoms with Crippen LogP contribution in [0.15, 0.2) is 60.8 Å². The third-order valence-electron chi connectivity index (χ3n) is 4.20. The third-order valence-corrected chi connectivity index (χ3v) is 4.20. The fourth-order valence-electron chi connectivity index (χ4n) is 2.72. The lowest BCUT2D eigenvalue weighted by molar-refractivity contribution is -0.140. The predicted octanol–water partition coefficient (Wildman–Crippen LogP) is 4.40. The Morgan fingerprint density at radius 3 is 2.63 bits per heavy atom. The maximum absolute atomic E-state index is 12.4. The Kier molecular flexibility index (Phi) is 6.05. The number of carbonyl (C=O) groups is 2. The van der Waals surface area contributed by atoms with Crippen molar-refractivity contribution in [3.8, 4) is 5.75 Å². The third kappa shape index (κ3) is 4.85. The summed E-state index contributed by atoms with van der Waals surface area (Å²) in [6, 6.07) is 14.9. The Labute approximate surface area is 157 Å². The minimum Gasteiger partial charge on any atom is -0.494 e. The summed E-state index contributed by atoms with van der Waals surface area (Å²) < 4.78 is 10.1. The van der Waals surface area contributed by atoms with Crippen LogP contribution < -0.4 is 4.74 Å². The first kappa shape index (κ1) is 18.5. The van der Waals surface area contributed by atoms with Crippen molar-refractivity contribution >= 4 is 28.7 Å². The largest absolute Gasteiger partial charge is 0.494 e. The van der Waals surface area contributed by atoms with Crippen LogP contribution in [0.1, 0.15) is 28.8 Å². The van der Waals surface area contributed by atoms with E-state index in [4.69, 9.17) is 4.74 Å². The maximum atomic E-state index is 12.4. The highest BCUT2D eigenvalue weighted by atomic mass is 16.5. The number of carbonyl (C=O) groups excluding carboxylic acids is 2. The number of aromatic nitrogens is 1. The van der Waals surface area contributed by atoms with Crippen LogP contribution in [0.3, 0.4) is 0 Å². The minimum atomic E-state index is -0.249. The van der Waals surface area contributed by atoms with Gasteiger partial charge in [0, 0.05) is 29.1 Å². The first-order valence-corrected chi connectivity index (χ1v) is 8.75. The SMILES string of the molecule is COC(=O)CCCOc1ccc(C(=O)/C=C/c2c[nH]c3ccccc23)cc1. The molecule has 0 spiro atoms. The zero-order valence-corrected chi connectivity index (χ0v) is 15.1. The van der Waals surface area contributed by atoms with E-state index in [-0.39, 0.29) is 11.8 Å². The number of aromatic amines is 1. The molecule has 138 valence electrons. The summed E-state index contributed by atoms with van der Waals surface area (Å²) in [5.41, 5.74) is 2.61. The molecule has 1 N–H and O–H groups in total. The Bertz CT molecular complexity index is 954. The molecule has 0 aliphatic rings. The molecule has 2 aromatic carbocycles. The normalized spacial score (nSPS) is 11.0. The van der Waals surface area contributed by atoms with E-state index in [1.807, 2.05) is 36.5 Å². The van der Waals surface area contributed by atoms with Gasteiger partial charge in [-0.2, -0.15) is 0 Å². The molecule has 1 aromatic heterocycles. The molecule has 0 atom stereocenters. The number of allylic oxidation sites excluding steroid dienone is 1. The highest BCUT2D eigenvalue weighted by Crippen LogP contribution is 2.19. The van der Waals surface area contributed by atoms with Crippen molar-refractivity contribution in [1.82, 2.24) is 4.98 Å². The van der Waals surface area contributed by atoms with E-state index >= 15 is 0 Å². The zero-order valence-electron chi connectivity index (χ0n) is 15.1. The van der Waals surface area contributed by atoms with Gasteiger partial charge >= 0.3 is 5.97 Å². The number of fused-ring (bicyclic) bond motifs is 1. The van der Waals surface area contributed by atoms with Gasteiger partial charge in [-0.15, -0.1) is 0 Å². The number of ketones is 1. The second kappa shape index (κ2) is 8.85. The Hall–Kier alpha value is -3.34. The molecule has 0 bridgehead atoms. The van der Waals surface area contributed by atoms with Crippen molar-refractivity contribution in [2.45, 2.75) is 12.8 Å². The van der Waals surface area contributed by atoms with Crippen LogP contribution in [0, 0.1) is 0 Å². The van der Waals surface area contributed by atoms with E-state index in [1.54, 1.807) is 30.3 Å². The van der Waals surface area contributed by atoms with Crippen LogP contribution in [0.4, 0.5) is 0 Å². The molecular formula is C22H21NO4. The summed E-state index contributed by atoms with van der Waals surface area (Å²) >= 11 is 0. The summed E-state index contributed by atoms with van der Waals surface area (Å²) in [6.07, 6.45) is 6.19. The zero-order chi connectivity index (χ0) is 19.1. The predicted molar refractivity (Wildman–Crippen MR) is 105 cm³/mol. The number of methoxy groups -OCH3 is 1. The molecule has 0 aliphatic heterocycles. The van der Waals surface area contributed by atoms with Gasteiger partial charge in [-0.3, -0.25) is 9.59 Å². The monoisotopic (exact) mass is 363 g/mol. The number of nitrogens with one attached hydrogen (secondary N) is 1. The van der Waals surface area contributed by atoms with Crippen LogP contribution in [-0.2, 0) is 9.53 Å². The van der Waals surface area contributed by atoms with Crippen LogP contribution >= 0.6 is 0 Å². The topological polar surface area (TPSA) is 68.4 Å². The molecule has 3 aromatic rings. The van der Waals surface area contributed by atoms with Gasteiger partial charge in [-0.25, -0.2) is 0 Å². The molecule has 5 heteroatoms. The van der Waals surface area contributed by atoms with Crippen molar-refractivity contribution < 1.29 is 19.1 Å². The lowest BCUT2D eigenvalue weighted by atomic mass is 10.1. The van der Waals surface area contributed by atoms with Gasteiger partial charge in [0.15, 0.2) is 5.78 Å². The summed E-state index contributed by atoms with van der Waals surface area (Å²) in [6.45, 7) is 0.420. The molecule has 0 unspecified atom stereocenters. The van der Waals surface area contributed by atoms with E-state index in [2.05, 4.69) is 9.72 Å². The molecule has 0 amide bonds. The molecule has 27 heavy (non-hydrogen) atoms. The number of rotatable bonds is 8. The highest BCUT2D eigenvalue weighted by Gasteiger charge is 2.05. The van der Waals surface area contributed by atoms with Crippen molar-refractivity contribution in [2.75, 3.05) is 13.7 Å². The van der Waals surface area contributed by atoms with Crippen LogP contribution in [0.2, 0.25) is 0 Å². The second-order valence-electron chi connectivity index (χ2n) is 6.04. The molecule has 5 nitrogen and oxygen atoms in total. The summed E-state index contributed by atoms with van der Waals surface area (Å²) in [7, 11) is 1.37. The van der Waals surface area contributed by atoms with Crippen LogP contribution in [0.5, 0.6) is 5.75 Å². The second-order valence-corrected chi connectivity index (χ2v) is 6.04. The van der Waals surface area contributed by atoms with Gasteiger partial charge in [-0.05, 0) is 54.5 Å². The van der Waals surface area contributed by atoms with Gasteiger partial charge in [0.05, 0.1) is 13.7 Å². The molecule has 0 radical (unpaired) electrons. The summed E-state index contributed by atoms with van der Waals surface area (Å²) in [4.78, 5) is 26.6. The van der Waals surface area contributed by atoms with Crippen molar-refractivity contribution in [3.63, 3.8) is 0 Å². The lowest BCUT2D eigenvalue weighted by Gasteiger charge is -2.06. The van der Waals surface area contributed by atoms with Crippen molar-refractivity contribution in [2.24, 2.45) is 0 Å².